The van der Waals surface area contributed by atoms with Crippen molar-refractivity contribution in [3.05, 3.63) is 12.1 Å². The summed E-state index contributed by atoms with van der Waals surface area (Å²) in [7, 11) is -2.48. The van der Waals surface area contributed by atoms with Gasteiger partial charge in [0.25, 0.3) is 5.91 Å². The van der Waals surface area contributed by atoms with Crippen molar-refractivity contribution in [1.29, 1.82) is 0 Å². The maximum absolute atomic E-state index is 13.4. The SMILES string of the molecule is COc1cc2c(cc1S(=O)(=O)N1CCOC3CCOCC31)OCC(=O)N2. The molecular formula is C16H20N2O7S. The molecule has 0 aromatic heterocycles. The molecule has 2 fully saturated rings. The Morgan fingerprint density at radius 2 is 2.15 bits per heavy atom. The van der Waals surface area contributed by atoms with Crippen molar-refractivity contribution in [2.24, 2.45) is 0 Å². The van der Waals surface area contributed by atoms with Gasteiger partial charge in [0.2, 0.25) is 10.0 Å². The molecule has 10 heteroatoms. The average molecular weight is 384 g/mol. The van der Waals surface area contributed by atoms with E-state index >= 15 is 0 Å². The van der Waals surface area contributed by atoms with E-state index in [9.17, 15) is 13.2 Å². The molecule has 1 aromatic rings. The van der Waals surface area contributed by atoms with Crippen LogP contribution < -0.4 is 14.8 Å². The molecule has 2 atom stereocenters. The molecule has 142 valence electrons. The van der Waals surface area contributed by atoms with Crippen molar-refractivity contribution in [3.63, 3.8) is 0 Å². The first-order valence-electron chi connectivity index (χ1n) is 8.36. The summed E-state index contributed by atoms with van der Waals surface area (Å²) in [5, 5.41) is 2.65. The number of amides is 1. The van der Waals surface area contributed by atoms with E-state index in [-0.39, 0.29) is 41.8 Å². The number of ether oxygens (including phenoxy) is 4. The minimum atomic E-state index is -3.87. The van der Waals surface area contributed by atoms with Crippen molar-refractivity contribution in [3.8, 4) is 11.5 Å². The van der Waals surface area contributed by atoms with E-state index in [4.69, 9.17) is 18.9 Å². The molecule has 3 aliphatic heterocycles. The zero-order valence-electron chi connectivity index (χ0n) is 14.3. The maximum Gasteiger partial charge on any atom is 0.262 e. The Kier molecular flexibility index (Phi) is 4.51. The second kappa shape index (κ2) is 6.69. The quantitative estimate of drug-likeness (QED) is 0.794. The fourth-order valence-electron chi connectivity index (χ4n) is 3.50. The molecule has 9 nitrogen and oxygen atoms in total. The predicted octanol–water partition coefficient (Wildman–Crippen LogP) is 0.205. The smallest absolute Gasteiger partial charge is 0.262 e. The first kappa shape index (κ1) is 17.5. The van der Waals surface area contributed by atoms with Crippen molar-refractivity contribution >= 4 is 21.6 Å². The van der Waals surface area contributed by atoms with Gasteiger partial charge >= 0.3 is 0 Å². The number of nitrogens with zero attached hydrogens (tertiary/aromatic N) is 1. The number of hydrogen-bond acceptors (Lipinski definition) is 7. The number of sulfonamides is 1. The fraction of sp³-hybridized carbons (Fsp3) is 0.562. The number of carbonyl (C=O) groups is 1. The second-order valence-electron chi connectivity index (χ2n) is 6.29. The van der Waals surface area contributed by atoms with Crippen LogP contribution in [-0.2, 0) is 24.3 Å². The lowest BCUT2D eigenvalue weighted by molar-refractivity contribution is -0.118. The number of nitrogens with one attached hydrogen (secondary N) is 1. The van der Waals surface area contributed by atoms with Gasteiger partial charge in [-0.3, -0.25) is 4.79 Å². The molecule has 2 saturated heterocycles. The molecule has 0 radical (unpaired) electrons. The molecule has 4 rings (SSSR count). The van der Waals surface area contributed by atoms with Crippen LogP contribution >= 0.6 is 0 Å². The van der Waals surface area contributed by atoms with Crippen molar-refractivity contribution in [2.45, 2.75) is 23.5 Å². The van der Waals surface area contributed by atoms with Gasteiger partial charge in [-0.2, -0.15) is 4.31 Å². The topological polar surface area (TPSA) is 103 Å². The average Bonchev–Trinajstić information content (AvgIpc) is 2.66. The molecule has 0 spiro atoms. The minimum absolute atomic E-state index is 0.00104. The lowest BCUT2D eigenvalue weighted by Crippen LogP contribution is -2.57. The summed E-state index contributed by atoms with van der Waals surface area (Å²) in [6, 6.07) is 2.50. The van der Waals surface area contributed by atoms with E-state index in [0.717, 1.165) is 0 Å². The van der Waals surface area contributed by atoms with Gasteiger partial charge in [-0.05, 0) is 6.42 Å². The Labute approximate surface area is 151 Å². The first-order valence-corrected chi connectivity index (χ1v) is 9.80. The van der Waals surface area contributed by atoms with Gasteiger partial charge in [0.1, 0.15) is 16.4 Å². The summed E-state index contributed by atoms with van der Waals surface area (Å²) in [6.07, 6.45) is 0.485. The van der Waals surface area contributed by atoms with Gasteiger partial charge in [0.05, 0.1) is 38.2 Å². The van der Waals surface area contributed by atoms with Crippen LogP contribution in [0.25, 0.3) is 0 Å². The van der Waals surface area contributed by atoms with Crippen molar-refractivity contribution in [1.82, 2.24) is 4.31 Å². The van der Waals surface area contributed by atoms with E-state index in [2.05, 4.69) is 5.32 Å². The summed E-state index contributed by atoms with van der Waals surface area (Å²) < 4.78 is 50.0. The Morgan fingerprint density at radius 3 is 2.96 bits per heavy atom. The molecule has 2 unspecified atom stereocenters. The van der Waals surface area contributed by atoms with Crippen LogP contribution in [0.4, 0.5) is 5.69 Å². The number of methoxy groups -OCH3 is 1. The highest BCUT2D eigenvalue weighted by Crippen LogP contribution is 2.39. The molecular weight excluding hydrogens is 364 g/mol. The number of morpholine rings is 1. The Hall–Kier alpha value is -1.88. The Bertz CT molecular complexity index is 824. The molecule has 0 bridgehead atoms. The van der Waals surface area contributed by atoms with Crippen molar-refractivity contribution in [2.75, 3.05) is 45.4 Å². The minimum Gasteiger partial charge on any atom is -0.495 e. The van der Waals surface area contributed by atoms with E-state index in [1.807, 2.05) is 0 Å². The fourth-order valence-corrected chi connectivity index (χ4v) is 5.27. The van der Waals surface area contributed by atoms with Crippen LogP contribution in [0.5, 0.6) is 11.5 Å². The Balaban J connectivity index is 1.74. The zero-order valence-corrected chi connectivity index (χ0v) is 15.1. The van der Waals surface area contributed by atoms with Gasteiger partial charge in [0.15, 0.2) is 6.61 Å². The van der Waals surface area contributed by atoms with Gasteiger partial charge < -0.3 is 24.3 Å². The number of benzene rings is 1. The predicted molar refractivity (Wildman–Crippen MR) is 90.0 cm³/mol. The first-order chi connectivity index (χ1) is 12.5. The maximum atomic E-state index is 13.4. The standard InChI is InChI=1S/C16H20N2O7S/c1-22-14-6-10-13(25-9-16(19)17-10)7-15(14)26(20,21)18-3-5-24-12-2-4-23-8-11(12)18/h6-7,11-12H,2-5,8-9H2,1H3,(H,17,19). The molecule has 26 heavy (non-hydrogen) atoms. The molecule has 1 N–H and O–H groups in total. The van der Waals surface area contributed by atoms with E-state index < -0.39 is 10.0 Å². The van der Waals surface area contributed by atoms with Gasteiger partial charge in [-0.25, -0.2) is 8.42 Å². The third kappa shape index (κ3) is 2.92. The summed E-state index contributed by atoms with van der Waals surface area (Å²) in [5.74, 6) is 0.147. The molecule has 3 aliphatic rings. The lowest BCUT2D eigenvalue weighted by Gasteiger charge is -2.42. The van der Waals surface area contributed by atoms with E-state index in [0.29, 0.717) is 37.7 Å². The number of carbonyl (C=O) groups excluding carboxylic acids is 1. The van der Waals surface area contributed by atoms with Gasteiger partial charge in [-0.15, -0.1) is 0 Å². The third-order valence-corrected chi connectivity index (χ3v) is 6.71. The van der Waals surface area contributed by atoms with Crippen LogP contribution in [0, 0.1) is 0 Å². The molecule has 3 heterocycles. The molecule has 0 saturated carbocycles. The summed E-state index contributed by atoms with van der Waals surface area (Å²) >= 11 is 0. The summed E-state index contributed by atoms with van der Waals surface area (Å²) in [6.45, 7) is 1.27. The monoisotopic (exact) mass is 384 g/mol. The number of anilines is 1. The van der Waals surface area contributed by atoms with E-state index in [1.165, 1.54) is 23.5 Å². The van der Waals surface area contributed by atoms with Gasteiger partial charge in [-0.1, -0.05) is 0 Å². The van der Waals surface area contributed by atoms with Gasteiger partial charge in [0, 0.05) is 25.3 Å². The second-order valence-corrected chi connectivity index (χ2v) is 8.15. The van der Waals surface area contributed by atoms with Crippen LogP contribution in [-0.4, -0.2) is 70.9 Å². The normalized spacial score (nSPS) is 26.3. The van der Waals surface area contributed by atoms with Crippen molar-refractivity contribution < 1.29 is 32.2 Å². The number of hydrogen-bond donors (Lipinski definition) is 1. The summed E-state index contributed by atoms with van der Waals surface area (Å²) in [5.41, 5.74) is 0.387. The van der Waals surface area contributed by atoms with Crippen LogP contribution in [0.1, 0.15) is 6.42 Å². The zero-order chi connectivity index (χ0) is 18.3. The molecule has 1 aromatic carbocycles. The largest absolute Gasteiger partial charge is 0.495 e. The van der Waals surface area contributed by atoms with E-state index in [1.54, 1.807) is 0 Å². The molecule has 0 aliphatic carbocycles. The number of rotatable bonds is 3. The lowest BCUT2D eigenvalue weighted by atomic mass is 10.1. The highest BCUT2D eigenvalue weighted by molar-refractivity contribution is 7.89. The summed E-state index contributed by atoms with van der Waals surface area (Å²) in [4.78, 5) is 11.5. The molecule has 1 amide bonds. The Morgan fingerprint density at radius 1 is 1.31 bits per heavy atom. The highest BCUT2D eigenvalue weighted by Gasteiger charge is 2.43. The van der Waals surface area contributed by atoms with Crippen LogP contribution in [0.2, 0.25) is 0 Å². The third-order valence-electron chi connectivity index (χ3n) is 4.76. The van der Waals surface area contributed by atoms with Crippen LogP contribution in [0.3, 0.4) is 0 Å². The number of fused-ring (bicyclic) bond motifs is 2. The highest BCUT2D eigenvalue weighted by atomic mass is 32.2. The van der Waals surface area contributed by atoms with Crippen LogP contribution in [0.15, 0.2) is 17.0 Å².